The summed E-state index contributed by atoms with van der Waals surface area (Å²) in [6.07, 6.45) is 3.85. The van der Waals surface area contributed by atoms with Gasteiger partial charge in [-0.25, -0.2) is 4.98 Å². The van der Waals surface area contributed by atoms with E-state index in [4.69, 9.17) is 0 Å². The molecule has 4 rings (SSSR count). The normalized spacial score (nSPS) is 12.8. The minimum Gasteiger partial charge on any atom is -0.322 e. The maximum atomic E-state index is 12.2. The van der Waals surface area contributed by atoms with Crippen molar-refractivity contribution in [3.05, 3.63) is 53.2 Å². The molecule has 20 heavy (non-hydrogen) atoms. The minimum absolute atomic E-state index is 0.154. The Morgan fingerprint density at radius 1 is 1.20 bits per heavy atom. The van der Waals surface area contributed by atoms with Crippen LogP contribution in [0.2, 0.25) is 0 Å². The number of pyridine rings is 1. The molecule has 0 unspecified atom stereocenters. The van der Waals surface area contributed by atoms with E-state index in [1.165, 1.54) is 11.1 Å². The lowest BCUT2D eigenvalue weighted by atomic mass is 9.87. The standard InChI is InChI=1S/C15H12N4O/c20-14(11-6-4-9-3-5-10(9)8-11)19-15-17-12-2-1-7-16-13(12)18-15/h1-2,4,6-8H,3,5H2,(H2,16,17,18,19,20). The molecule has 2 heterocycles. The van der Waals surface area contributed by atoms with Crippen LogP contribution in [0.3, 0.4) is 0 Å². The molecule has 5 nitrogen and oxygen atoms in total. The van der Waals surface area contributed by atoms with E-state index in [1.54, 1.807) is 6.20 Å². The number of benzene rings is 1. The van der Waals surface area contributed by atoms with Gasteiger partial charge in [-0.05, 0) is 48.2 Å². The highest BCUT2D eigenvalue weighted by Crippen LogP contribution is 2.24. The number of aromatic amines is 1. The number of nitrogens with one attached hydrogen (secondary N) is 2. The van der Waals surface area contributed by atoms with E-state index in [2.05, 4.69) is 20.3 Å². The summed E-state index contributed by atoms with van der Waals surface area (Å²) in [6, 6.07) is 9.52. The predicted octanol–water partition coefficient (Wildman–Crippen LogP) is 2.31. The first-order chi connectivity index (χ1) is 9.79. The number of nitrogens with zero attached hydrogens (tertiary/aromatic N) is 2. The first kappa shape index (κ1) is 11.2. The van der Waals surface area contributed by atoms with E-state index in [-0.39, 0.29) is 5.91 Å². The third-order valence-corrected chi connectivity index (χ3v) is 3.62. The second-order valence-corrected chi connectivity index (χ2v) is 4.90. The maximum Gasteiger partial charge on any atom is 0.257 e. The number of rotatable bonds is 2. The van der Waals surface area contributed by atoms with Crippen molar-refractivity contribution in [1.82, 2.24) is 15.0 Å². The first-order valence-corrected chi connectivity index (χ1v) is 6.53. The van der Waals surface area contributed by atoms with Crippen LogP contribution in [0.4, 0.5) is 5.95 Å². The predicted molar refractivity (Wildman–Crippen MR) is 75.7 cm³/mol. The summed E-state index contributed by atoms with van der Waals surface area (Å²) in [5.41, 5.74) is 4.68. The Hall–Kier alpha value is -2.69. The SMILES string of the molecule is O=C(Nc1nc2ncccc2[nH]1)c1ccc2c(c1)CC2. The number of H-pyrrole nitrogens is 1. The number of carbonyl (C=O) groups is 1. The molecule has 2 aromatic heterocycles. The number of hydrogen-bond acceptors (Lipinski definition) is 3. The van der Waals surface area contributed by atoms with Gasteiger partial charge in [0.15, 0.2) is 5.65 Å². The number of fused-ring (bicyclic) bond motifs is 2. The van der Waals surface area contributed by atoms with E-state index < -0.39 is 0 Å². The van der Waals surface area contributed by atoms with Gasteiger partial charge >= 0.3 is 0 Å². The number of aromatic nitrogens is 3. The molecule has 0 spiro atoms. The van der Waals surface area contributed by atoms with Crippen LogP contribution in [0.5, 0.6) is 0 Å². The van der Waals surface area contributed by atoms with E-state index in [1.807, 2.05) is 30.3 Å². The van der Waals surface area contributed by atoms with Gasteiger partial charge < -0.3 is 4.98 Å². The summed E-state index contributed by atoms with van der Waals surface area (Å²) in [5, 5.41) is 2.77. The molecule has 0 saturated carbocycles. The molecule has 1 aliphatic carbocycles. The number of aryl methyl sites for hydroxylation is 2. The van der Waals surface area contributed by atoms with E-state index in [9.17, 15) is 4.79 Å². The zero-order chi connectivity index (χ0) is 13.5. The van der Waals surface area contributed by atoms with Crippen LogP contribution in [0.1, 0.15) is 21.5 Å². The summed E-state index contributed by atoms with van der Waals surface area (Å²) in [6.45, 7) is 0. The number of imidazole rings is 1. The maximum absolute atomic E-state index is 12.2. The molecular weight excluding hydrogens is 252 g/mol. The Balaban J connectivity index is 1.61. The van der Waals surface area contributed by atoms with Gasteiger partial charge in [-0.1, -0.05) is 6.07 Å². The number of carbonyl (C=O) groups excluding carboxylic acids is 1. The van der Waals surface area contributed by atoms with E-state index >= 15 is 0 Å². The Kier molecular flexibility index (Phi) is 2.32. The van der Waals surface area contributed by atoms with Crippen molar-refractivity contribution < 1.29 is 4.79 Å². The molecule has 0 atom stereocenters. The molecule has 0 fully saturated rings. The molecule has 1 aliphatic rings. The summed E-state index contributed by atoms with van der Waals surface area (Å²) in [5.74, 6) is 0.269. The van der Waals surface area contributed by atoms with Crippen molar-refractivity contribution in [2.45, 2.75) is 12.8 Å². The molecule has 3 aromatic rings. The van der Waals surface area contributed by atoms with Gasteiger partial charge in [0.25, 0.3) is 5.91 Å². The highest BCUT2D eigenvalue weighted by Gasteiger charge is 2.16. The van der Waals surface area contributed by atoms with Crippen LogP contribution >= 0.6 is 0 Å². The summed E-state index contributed by atoms with van der Waals surface area (Å²) in [7, 11) is 0. The average Bonchev–Trinajstić information content (AvgIpc) is 2.82. The molecule has 0 saturated heterocycles. The van der Waals surface area contributed by atoms with Gasteiger partial charge in [-0.3, -0.25) is 10.1 Å². The van der Waals surface area contributed by atoms with Crippen LogP contribution in [0.25, 0.3) is 11.2 Å². The Morgan fingerprint density at radius 2 is 2.10 bits per heavy atom. The average molecular weight is 264 g/mol. The second-order valence-electron chi connectivity index (χ2n) is 4.90. The van der Waals surface area contributed by atoms with Crippen molar-refractivity contribution in [3.63, 3.8) is 0 Å². The van der Waals surface area contributed by atoms with Gasteiger partial charge in [0.2, 0.25) is 5.95 Å². The quantitative estimate of drug-likeness (QED) is 0.746. The lowest BCUT2D eigenvalue weighted by molar-refractivity contribution is 0.102. The minimum atomic E-state index is -0.154. The lowest BCUT2D eigenvalue weighted by Gasteiger charge is -2.18. The van der Waals surface area contributed by atoms with Gasteiger partial charge in [0.05, 0.1) is 5.52 Å². The Bertz CT molecular complexity index is 789. The highest BCUT2D eigenvalue weighted by atomic mass is 16.1. The fourth-order valence-electron chi connectivity index (χ4n) is 2.42. The van der Waals surface area contributed by atoms with Crippen LogP contribution < -0.4 is 5.32 Å². The van der Waals surface area contributed by atoms with Crippen LogP contribution in [-0.2, 0) is 12.8 Å². The highest BCUT2D eigenvalue weighted by molar-refractivity contribution is 6.04. The van der Waals surface area contributed by atoms with Crippen molar-refractivity contribution in [2.75, 3.05) is 5.32 Å². The molecule has 5 heteroatoms. The zero-order valence-electron chi connectivity index (χ0n) is 10.7. The van der Waals surface area contributed by atoms with E-state index in [0.29, 0.717) is 17.2 Å². The molecule has 0 aliphatic heterocycles. The summed E-state index contributed by atoms with van der Waals surface area (Å²) in [4.78, 5) is 23.6. The number of anilines is 1. The number of amides is 1. The fourth-order valence-corrected chi connectivity index (χ4v) is 2.42. The summed E-state index contributed by atoms with van der Waals surface area (Å²) < 4.78 is 0. The Morgan fingerprint density at radius 3 is 2.85 bits per heavy atom. The zero-order valence-corrected chi connectivity index (χ0v) is 10.7. The van der Waals surface area contributed by atoms with Crippen LogP contribution in [0.15, 0.2) is 36.5 Å². The molecular formula is C15H12N4O. The molecule has 0 radical (unpaired) electrons. The third-order valence-electron chi connectivity index (χ3n) is 3.62. The Labute approximate surface area is 115 Å². The van der Waals surface area contributed by atoms with Gasteiger partial charge in [-0.15, -0.1) is 0 Å². The first-order valence-electron chi connectivity index (χ1n) is 6.53. The van der Waals surface area contributed by atoms with Gasteiger partial charge in [-0.2, -0.15) is 4.98 Å². The molecule has 1 aromatic carbocycles. The lowest BCUT2D eigenvalue weighted by Crippen LogP contribution is -2.16. The number of hydrogen-bond donors (Lipinski definition) is 2. The van der Waals surface area contributed by atoms with E-state index in [0.717, 1.165) is 18.4 Å². The van der Waals surface area contributed by atoms with Crippen LogP contribution in [-0.4, -0.2) is 20.9 Å². The van der Waals surface area contributed by atoms with Gasteiger partial charge in [0.1, 0.15) is 0 Å². The van der Waals surface area contributed by atoms with Crippen molar-refractivity contribution in [2.24, 2.45) is 0 Å². The molecule has 0 bridgehead atoms. The second kappa shape index (κ2) is 4.16. The van der Waals surface area contributed by atoms with Crippen molar-refractivity contribution in [1.29, 1.82) is 0 Å². The summed E-state index contributed by atoms with van der Waals surface area (Å²) >= 11 is 0. The monoisotopic (exact) mass is 264 g/mol. The van der Waals surface area contributed by atoms with Gasteiger partial charge in [0, 0.05) is 11.8 Å². The smallest absolute Gasteiger partial charge is 0.257 e. The van der Waals surface area contributed by atoms with Crippen molar-refractivity contribution in [3.8, 4) is 0 Å². The topological polar surface area (TPSA) is 70.7 Å². The largest absolute Gasteiger partial charge is 0.322 e. The van der Waals surface area contributed by atoms with Crippen LogP contribution in [0, 0.1) is 0 Å². The third kappa shape index (κ3) is 1.75. The molecule has 1 amide bonds. The van der Waals surface area contributed by atoms with Crippen molar-refractivity contribution >= 4 is 23.0 Å². The molecule has 98 valence electrons. The molecule has 2 N–H and O–H groups in total. The fraction of sp³-hybridized carbons (Fsp3) is 0.133.